The first-order chi connectivity index (χ1) is 17.7. The van der Waals surface area contributed by atoms with Crippen LogP contribution < -0.4 is 20.8 Å². The molecule has 1 fully saturated rings. The van der Waals surface area contributed by atoms with E-state index < -0.39 is 0 Å². The summed E-state index contributed by atoms with van der Waals surface area (Å²) < 4.78 is 1.91. The molecule has 0 amide bonds. The van der Waals surface area contributed by atoms with Gasteiger partial charge in [-0.25, -0.2) is 19.9 Å². The largest absolute Gasteiger partial charge is 0.733 e. The highest BCUT2D eigenvalue weighted by Gasteiger charge is 2.14. The van der Waals surface area contributed by atoms with E-state index in [-0.39, 0.29) is 10.9 Å². The summed E-state index contributed by atoms with van der Waals surface area (Å²) in [7, 11) is 0. The number of piperidine rings is 1. The standard InChI is InChI=1S/C25H28N9O2/c35-34(36)21-8-9-23(29-16-21)27-10-11-28-25-30-17-22(33-15-12-26-18-33)24(31-25)19-4-6-20(7-5-19)32-13-2-1-3-14-32/h4-9,12,15-18,35H,1-3,10-11,13-14H2,(H,27,29)(H,28,30,31)/q-1. The third kappa shape index (κ3) is 5.53. The van der Waals surface area contributed by atoms with Crippen molar-refractivity contribution in [1.29, 1.82) is 0 Å². The van der Waals surface area contributed by atoms with Crippen LogP contribution in [0.5, 0.6) is 0 Å². The summed E-state index contributed by atoms with van der Waals surface area (Å²) in [6.07, 6.45) is 12.2. The Bertz CT molecular complexity index is 1240. The lowest BCUT2D eigenvalue weighted by atomic mass is 10.1. The maximum atomic E-state index is 10.9. The van der Waals surface area contributed by atoms with Gasteiger partial charge < -0.3 is 30.5 Å². The highest BCUT2D eigenvalue weighted by atomic mass is 16.8. The van der Waals surface area contributed by atoms with E-state index in [0.717, 1.165) is 30.0 Å². The van der Waals surface area contributed by atoms with E-state index in [2.05, 4.69) is 54.8 Å². The summed E-state index contributed by atoms with van der Waals surface area (Å²) in [6.45, 7) is 3.31. The topological polar surface area (TPSA) is 130 Å². The van der Waals surface area contributed by atoms with E-state index in [1.54, 1.807) is 24.8 Å². The highest BCUT2D eigenvalue weighted by molar-refractivity contribution is 5.71. The van der Waals surface area contributed by atoms with Gasteiger partial charge in [0, 0.05) is 49.8 Å². The average molecular weight is 487 g/mol. The Hall–Kier alpha value is -4.22. The summed E-state index contributed by atoms with van der Waals surface area (Å²) >= 11 is 0. The fourth-order valence-corrected chi connectivity index (χ4v) is 4.21. The molecule has 36 heavy (non-hydrogen) atoms. The molecule has 0 saturated carbocycles. The summed E-state index contributed by atoms with van der Waals surface area (Å²) in [4.78, 5) is 20.0. The lowest BCUT2D eigenvalue weighted by Crippen LogP contribution is -2.29. The highest BCUT2D eigenvalue weighted by Crippen LogP contribution is 2.28. The molecule has 1 saturated heterocycles. The normalized spacial score (nSPS) is 13.4. The van der Waals surface area contributed by atoms with Crippen LogP contribution in [-0.4, -0.2) is 55.9 Å². The van der Waals surface area contributed by atoms with E-state index in [1.807, 2.05) is 10.8 Å². The lowest BCUT2D eigenvalue weighted by Gasteiger charge is -2.28. The van der Waals surface area contributed by atoms with Crippen LogP contribution in [0.25, 0.3) is 16.9 Å². The van der Waals surface area contributed by atoms with Crippen LogP contribution in [-0.2, 0) is 0 Å². The predicted octanol–water partition coefficient (Wildman–Crippen LogP) is 3.93. The van der Waals surface area contributed by atoms with Crippen molar-refractivity contribution in [2.75, 3.05) is 46.9 Å². The van der Waals surface area contributed by atoms with Gasteiger partial charge >= 0.3 is 0 Å². The van der Waals surface area contributed by atoms with Gasteiger partial charge in [0.15, 0.2) is 0 Å². The Balaban J connectivity index is 1.28. The van der Waals surface area contributed by atoms with Crippen molar-refractivity contribution in [3.8, 4) is 16.9 Å². The number of aromatic nitrogens is 5. The Morgan fingerprint density at radius 2 is 1.75 bits per heavy atom. The van der Waals surface area contributed by atoms with E-state index >= 15 is 0 Å². The second-order valence-electron chi connectivity index (χ2n) is 8.52. The SMILES string of the molecule is [O-]N(O)c1ccc(NCCNc2ncc(-n3ccnc3)c(-c3ccc(N4CCCCC4)cc3)n2)nc1. The van der Waals surface area contributed by atoms with Crippen molar-refractivity contribution in [2.45, 2.75) is 19.3 Å². The Kier molecular flexibility index (Phi) is 7.20. The van der Waals surface area contributed by atoms with E-state index in [9.17, 15) is 5.21 Å². The second kappa shape index (κ2) is 11.0. The van der Waals surface area contributed by atoms with Crippen LogP contribution in [0.15, 0.2) is 67.5 Å². The summed E-state index contributed by atoms with van der Waals surface area (Å²) in [5, 5.41) is 25.9. The first kappa shape index (κ1) is 23.5. The first-order valence-corrected chi connectivity index (χ1v) is 12.0. The molecule has 3 N–H and O–H groups in total. The van der Waals surface area contributed by atoms with Crippen LogP contribution in [0.2, 0.25) is 0 Å². The van der Waals surface area contributed by atoms with Gasteiger partial charge in [0.2, 0.25) is 5.95 Å². The molecule has 11 nitrogen and oxygen atoms in total. The molecule has 0 atom stereocenters. The molecule has 1 aliphatic heterocycles. The van der Waals surface area contributed by atoms with Crippen molar-refractivity contribution >= 4 is 23.1 Å². The number of imidazole rings is 1. The second-order valence-corrected chi connectivity index (χ2v) is 8.52. The Morgan fingerprint density at radius 3 is 2.44 bits per heavy atom. The maximum absolute atomic E-state index is 10.9. The summed E-state index contributed by atoms with van der Waals surface area (Å²) in [5.41, 5.74) is 3.98. The molecule has 1 aliphatic rings. The zero-order chi connectivity index (χ0) is 24.7. The van der Waals surface area contributed by atoms with Gasteiger partial charge in [0.05, 0.1) is 35.8 Å². The molecule has 0 spiro atoms. The molecular weight excluding hydrogens is 458 g/mol. The van der Waals surface area contributed by atoms with Gasteiger partial charge in [0.1, 0.15) is 5.82 Å². The molecule has 3 aromatic heterocycles. The van der Waals surface area contributed by atoms with Gasteiger partial charge in [-0.15, -0.1) is 0 Å². The predicted molar refractivity (Wildman–Crippen MR) is 140 cm³/mol. The molecule has 11 heteroatoms. The average Bonchev–Trinajstić information content (AvgIpc) is 3.47. The zero-order valence-electron chi connectivity index (χ0n) is 19.8. The molecule has 0 aliphatic carbocycles. The number of pyridine rings is 1. The van der Waals surface area contributed by atoms with E-state index in [4.69, 9.17) is 10.2 Å². The number of anilines is 4. The van der Waals surface area contributed by atoms with E-state index in [1.165, 1.54) is 37.2 Å². The maximum Gasteiger partial charge on any atom is 0.223 e. The van der Waals surface area contributed by atoms with Gasteiger partial charge in [-0.3, -0.25) is 5.21 Å². The minimum Gasteiger partial charge on any atom is -0.733 e. The van der Waals surface area contributed by atoms with Crippen molar-refractivity contribution < 1.29 is 5.21 Å². The monoisotopic (exact) mass is 486 g/mol. The third-order valence-corrected chi connectivity index (χ3v) is 6.10. The summed E-state index contributed by atoms with van der Waals surface area (Å²) in [6, 6.07) is 11.7. The lowest BCUT2D eigenvalue weighted by molar-refractivity contribution is 0.296. The van der Waals surface area contributed by atoms with Crippen LogP contribution in [0.3, 0.4) is 0 Å². The van der Waals surface area contributed by atoms with Gasteiger partial charge in [-0.05, 0) is 43.5 Å². The molecule has 5 rings (SSSR count). The van der Waals surface area contributed by atoms with E-state index in [0.29, 0.717) is 24.9 Å². The van der Waals surface area contributed by atoms with Crippen molar-refractivity contribution in [1.82, 2.24) is 24.5 Å². The minimum absolute atomic E-state index is 0.0709. The number of hydrogen-bond acceptors (Lipinski definition) is 10. The van der Waals surface area contributed by atoms with Crippen LogP contribution in [0.1, 0.15) is 19.3 Å². The zero-order valence-corrected chi connectivity index (χ0v) is 19.8. The number of rotatable bonds is 9. The molecule has 186 valence electrons. The van der Waals surface area contributed by atoms with Crippen molar-refractivity contribution in [3.05, 3.63) is 72.7 Å². The van der Waals surface area contributed by atoms with Crippen LogP contribution in [0, 0.1) is 5.21 Å². The van der Waals surface area contributed by atoms with Gasteiger partial charge in [-0.2, -0.15) is 0 Å². The molecule has 0 unspecified atom stereocenters. The third-order valence-electron chi connectivity index (χ3n) is 6.10. The minimum atomic E-state index is -0.220. The van der Waals surface area contributed by atoms with Gasteiger partial charge in [-0.1, -0.05) is 12.1 Å². The molecule has 4 heterocycles. The fraction of sp³-hybridized carbons (Fsp3) is 0.280. The van der Waals surface area contributed by atoms with Crippen molar-refractivity contribution in [3.63, 3.8) is 0 Å². The molecular formula is C25H28N9O2-. The number of hydrogen-bond donors (Lipinski definition) is 3. The quantitative estimate of drug-likeness (QED) is 0.236. The molecule has 0 bridgehead atoms. The fourth-order valence-electron chi connectivity index (χ4n) is 4.21. The smallest absolute Gasteiger partial charge is 0.223 e. The number of benzene rings is 1. The molecule has 1 aromatic carbocycles. The Labute approximate surface area is 209 Å². The number of nitrogens with zero attached hydrogens (tertiary/aromatic N) is 7. The van der Waals surface area contributed by atoms with Gasteiger partial charge in [0.25, 0.3) is 0 Å². The summed E-state index contributed by atoms with van der Waals surface area (Å²) in [5.74, 6) is 1.11. The Morgan fingerprint density at radius 1 is 0.944 bits per heavy atom. The van der Waals surface area contributed by atoms with Crippen LogP contribution >= 0.6 is 0 Å². The van der Waals surface area contributed by atoms with Crippen LogP contribution in [0.4, 0.5) is 23.1 Å². The molecule has 0 radical (unpaired) electrons. The number of nitrogens with one attached hydrogen (secondary N) is 2. The van der Waals surface area contributed by atoms with Crippen molar-refractivity contribution in [2.24, 2.45) is 0 Å². The first-order valence-electron chi connectivity index (χ1n) is 12.0. The molecule has 4 aromatic rings.